The number of hydrogen-bond acceptors (Lipinski definition) is 16. The van der Waals surface area contributed by atoms with Crippen LogP contribution in [0, 0.1) is 17.8 Å². The van der Waals surface area contributed by atoms with Gasteiger partial charge in [0.25, 0.3) is 30.1 Å². The minimum absolute atomic E-state index is 0. The topological polar surface area (TPSA) is 231 Å². The van der Waals surface area contributed by atoms with Gasteiger partial charge in [-0.05, 0) is 247 Å². The molecule has 4 saturated heterocycles. The Kier molecular flexibility index (Phi) is 30.9. The monoisotopic (exact) mass is 1680 g/mol. The molecule has 115 heavy (non-hydrogen) atoms. The van der Waals surface area contributed by atoms with E-state index in [1.165, 1.54) is 87.4 Å². The lowest BCUT2D eigenvalue weighted by Crippen LogP contribution is -2.45. The number of aryl methyl sites for hydroxylation is 5. The maximum absolute atomic E-state index is 13.9. The summed E-state index contributed by atoms with van der Waals surface area (Å²) < 4.78 is 246. The van der Waals surface area contributed by atoms with Crippen molar-refractivity contribution in [2.75, 3.05) is 85.6 Å². The average molecular weight is 1680 g/mol. The third kappa shape index (κ3) is 23.8. The number of halogens is 9. The zero-order valence-electron chi connectivity index (χ0n) is 65.1. The van der Waals surface area contributed by atoms with Gasteiger partial charge in [-0.1, -0.05) is 56.8 Å². The van der Waals surface area contributed by atoms with E-state index in [2.05, 4.69) is 6.58 Å². The summed E-state index contributed by atoms with van der Waals surface area (Å²) in [6.45, 7) is 16.8. The number of carbonyl (C=O) groups is 2. The molecule has 7 heterocycles. The Morgan fingerprint density at radius 3 is 1.09 bits per heavy atom. The van der Waals surface area contributed by atoms with Crippen LogP contribution >= 0.6 is 0 Å². The minimum Gasteiger partial charge on any atom is -0.493 e. The number of anilines is 3. The second kappa shape index (κ2) is 39.6. The molecule has 7 aliphatic heterocycles. The summed E-state index contributed by atoms with van der Waals surface area (Å²) in [5, 5.41) is 9.92. The summed E-state index contributed by atoms with van der Waals surface area (Å²) in [7, 11) is -13.2. The first-order valence-electron chi connectivity index (χ1n) is 39.2. The van der Waals surface area contributed by atoms with Gasteiger partial charge in [-0.15, -0.1) is 0 Å². The number of aliphatic hydroxyl groups is 1. The number of rotatable bonds is 24. The van der Waals surface area contributed by atoms with Crippen molar-refractivity contribution in [1.29, 1.82) is 0 Å². The number of nitrogens with zero attached hydrogens (tertiary/aromatic N) is 3. The van der Waals surface area contributed by atoms with Crippen molar-refractivity contribution in [2.45, 2.75) is 208 Å². The van der Waals surface area contributed by atoms with Crippen LogP contribution in [0.1, 0.15) is 179 Å². The molecule has 0 unspecified atom stereocenters. The van der Waals surface area contributed by atoms with E-state index in [4.69, 9.17) is 33.2 Å². The van der Waals surface area contributed by atoms with E-state index >= 15 is 0 Å². The van der Waals surface area contributed by atoms with Crippen LogP contribution in [0.4, 0.5) is 56.6 Å². The number of aliphatic hydroxyl groups excluding tert-OH is 1. The molecular weight excluding hydrogens is 1570 g/mol. The predicted octanol–water partition coefficient (Wildman–Crippen LogP) is 17.6. The van der Waals surface area contributed by atoms with Crippen molar-refractivity contribution in [2.24, 2.45) is 17.8 Å². The van der Waals surface area contributed by atoms with E-state index in [9.17, 15) is 79.5 Å². The van der Waals surface area contributed by atoms with Crippen molar-refractivity contribution in [3.63, 3.8) is 0 Å². The van der Waals surface area contributed by atoms with Crippen LogP contribution in [0.25, 0.3) is 6.08 Å². The van der Waals surface area contributed by atoms with Gasteiger partial charge in [0.2, 0.25) is 0 Å². The van der Waals surface area contributed by atoms with Crippen molar-refractivity contribution >= 4 is 64.8 Å². The number of Topliss-reactive ketones (excluding diaryl/α,β-unsaturated/α-hetero) is 2. The van der Waals surface area contributed by atoms with Crippen LogP contribution < -0.4 is 27.1 Å². The molecule has 0 aliphatic carbocycles. The smallest absolute Gasteiger partial charge is 0.391 e. The first-order chi connectivity index (χ1) is 54.6. The normalized spacial score (nSPS) is 19.2. The summed E-state index contributed by atoms with van der Waals surface area (Å²) in [6, 6.07) is 23.4. The van der Waals surface area contributed by atoms with Gasteiger partial charge in [0.15, 0.2) is 11.6 Å². The molecule has 4 fully saturated rings. The van der Waals surface area contributed by atoms with Gasteiger partial charge in [0, 0.05) is 59.8 Å². The highest BCUT2D eigenvalue weighted by atomic mass is 32.2. The van der Waals surface area contributed by atoms with Crippen LogP contribution in [-0.4, -0.2) is 151 Å². The number of carbonyl (C=O) groups excluding carboxylic acids is 2. The number of sulfonamides is 3. The number of ether oxygens (including phenoxy) is 7. The fourth-order valence-electron chi connectivity index (χ4n) is 15.3. The number of alkyl halides is 9. The quantitative estimate of drug-likeness (QED) is 0.0438. The molecule has 0 aromatic heterocycles. The summed E-state index contributed by atoms with van der Waals surface area (Å²) in [6.07, 6.45) is -5.58. The largest absolute Gasteiger partial charge is 0.493 e. The third-order valence-corrected chi connectivity index (χ3v) is 27.2. The van der Waals surface area contributed by atoms with Gasteiger partial charge in [0.05, 0.1) is 107 Å². The molecule has 0 saturated carbocycles. The van der Waals surface area contributed by atoms with Gasteiger partial charge >= 0.3 is 18.5 Å². The lowest BCUT2D eigenvalue weighted by atomic mass is 9.94. The Labute approximate surface area is 669 Å². The first-order valence-corrected chi connectivity index (χ1v) is 43.5. The maximum Gasteiger partial charge on any atom is 0.391 e. The van der Waals surface area contributed by atoms with Crippen LogP contribution in [-0.2, 0) is 87.7 Å². The van der Waals surface area contributed by atoms with Gasteiger partial charge < -0.3 is 38.3 Å². The molecule has 1 N–H and O–H groups in total. The standard InChI is InChI=1S/C27H32F3NO5S.C27H30F3NO5S.C26H32F3NO5S.C4H8O.H2/c2*1-3-19-4-8-25-21(14-19)5-6-22(16-27(28,29)30)31(25)37(33,34)23-7-9-26(24(15-23)18(2)32)36-17-20-10-12-35-13-11-20;1-2-18-3-7-24-20(13-18)4-5-22(15-26(27,28)29)30(24)36(32,33)23-6-8-25(21(14-23)16-31)35-17-19-9-11-34-12-10-19;1-2-4-5-3-1;/h4,7-9,14-15,20,22H,3,5-6,10-13,16-17H2,1-2H3;3-4,7-9,14-15,20,22H,1,5-6,10-13,16-17H2,2H3;3,6-8,13-14,19,22,31H,2,4-5,9-12,15-17H2,1H3;1-4H2;1H/t3*22-;;/m000../s1. The molecule has 6 aromatic rings. The minimum atomic E-state index is -4.55. The van der Waals surface area contributed by atoms with Crippen LogP contribution in [0.5, 0.6) is 17.2 Å². The molecule has 0 spiro atoms. The Morgan fingerprint density at radius 2 is 0.774 bits per heavy atom. The van der Waals surface area contributed by atoms with E-state index in [1.807, 2.05) is 26.0 Å². The highest BCUT2D eigenvalue weighted by molar-refractivity contribution is 7.93. The molecule has 6 aromatic carbocycles. The van der Waals surface area contributed by atoms with Crippen molar-refractivity contribution in [1.82, 2.24) is 0 Å². The fourth-order valence-corrected chi connectivity index (χ4v) is 20.5. The number of hydrogen-bond donors (Lipinski definition) is 1. The van der Waals surface area contributed by atoms with E-state index in [-0.39, 0.29) is 92.5 Å². The summed E-state index contributed by atoms with van der Waals surface area (Å²) >= 11 is 0. The SMILES string of the molecule is C1CCOC1.C=Cc1ccc2c(c1)CC[C@@H](CC(F)(F)F)N2S(=O)(=O)c1ccc(OCC2CCOCC2)c(C(C)=O)c1.CCc1ccc2c(c1)CC[C@@H](CC(F)(F)F)N2S(=O)(=O)c1ccc(OCC2CCOCC2)c(C(C)=O)c1.CCc1ccc2c(c1)CC[C@@H](CC(F)(F)F)N2S(=O)(=O)c1ccc(OCC2CCOCC2)c(CO)c1.[HH]. The van der Waals surface area contributed by atoms with Crippen molar-refractivity contribution in [3.05, 3.63) is 166 Å². The zero-order chi connectivity index (χ0) is 83.0. The van der Waals surface area contributed by atoms with E-state index in [1.54, 1.807) is 42.5 Å². The Bertz CT molecular complexity index is 4680. The molecule has 19 nitrogen and oxygen atoms in total. The van der Waals surface area contributed by atoms with Crippen LogP contribution in [0.2, 0.25) is 0 Å². The predicted molar refractivity (Wildman–Crippen MR) is 420 cm³/mol. The molecule has 0 amide bonds. The lowest BCUT2D eigenvalue weighted by Gasteiger charge is -2.38. The lowest BCUT2D eigenvalue weighted by molar-refractivity contribution is -0.139. The van der Waals surface area contributed by atoms with Gasteiger partial charge in [-0.2, -0.15) is 39.5 Å². The van der Waals surface area contributed by atoms with E-state index in [0.29, 0.717) is 102 Å². The second-order valence-corrected chi connectivity index (χ2v) is 35.4. The van der Waals surface area contributed by atoms with E-state index < -0.39 is 104 Å². The molecular formula is C84H104F9N3O16S3. The Hall–Kier alpha value is -7.78. The Morgan fingerprint density at radius 1 is 0.452 bits per heavy atom. The second-order valence-electron chi connectivity index (χ2n) is 29.9. The van der Waals surface area contributed by atoms with Gasteiger partial charge in [-0.25, -0.2) is 25.3 Å². The van der Waals surface area contributed by atoms with Crippen LogP contribution in [0.15, 0.2) is 130 Å². The highest BCUT2D eigenvalue weighted by Crippen LogP contribution is 2.45. The molecule has 0 bridgehead atoms. The molecule has 0 radical (unpaired) electrons. The molecule has 31 heteroatoms. The summed E-state index contributed by atoms with van der Waals surface area (Å²) in [5.74, 6) is 0.897. The molecule has 3 atom stereocenters. The molecule has 632 valence electrons. The third-order valence-electron chi connectivity index (χ3n) is 21.6. The average Bonchev–Trinajstić information content (AvgIpc) is 0.914. The van der Waals surface area contributed by atoms with Gasteiger partial charge in [0.1, 0.15) is 17.2 Å². The summed E-state index contributed by atoms with van der Waals surface area (Å²) in [4.78, 5) is 24.2. The van der Waals surface area contributed by atoms with E-state index in [0.717, 1.165) is 99.7 Å². The maximum atomic E-state index is 13.9. The first kappa shape index (κ1) is 89.6. The zero-order valence-corrected chi connectivity index (χ0v) is 67.5. The Balaban J connectivity index is 0.000000192. The van der Waals surface area contributed by atoms with Crippen molar-refractivity contribution < 1.29 is 114 Å². The molecule has 13 rings (SSSR count). The van der Waals surface area contributed by atoms with Gasteiger partial charge in [-0.3, -0.25) is 22.5 Å². The number of fused-ring (bicyclic) bond motifs is 3. The summed E-state index contributed by atoms with van der Waals surface area (Å²) in [5.41, 5.74) is 5.92. The molecule has 7 aliphatic rings. The van der Waals surface area contributed by atoms with Crippen molar-refractivity contribution in [3.8, 4) is 17.2 Å². The number of ketones is 2. The fraction of sp³-hybridized carbons (Fsp3) is 0.524. The highest BCUT2D eigenvalue weighted by Gasteiger charge is 2.46. The van der Waals surface area contributed by atoms with Crippen LogP contribution in [0.3, 0.4) is 0 Å². The number of benzene rings is 6.